The largest absolute Gasteiger partial charge is 0.497 e. The van der Waals surface area contributed by atoms with E-state index < -0.39 is 12.0 Å². The fourth-order valence-electron chi connectivity index (χ4n) is 6.43. The molecule has 1 saturated heterocycles. The lowest BCUT2D eigenvalue weighted by Gasteiger charge is -2.41. The number of hydrogen-bond acceptors (Lipinski definition) is 9. The number of carbonyl (C=O) groups is 3. The minimum atomic E-state index is -0.811. The number of aromatic nitrogens is 2. The molecule has 0 saturated carbocycles. The first-order chi connectivity index (χ1) is 24.9. The van der Waals surface area contributed by atoms with E-state index in [0.29, 0.717) is 53.9 Å². The summed E-state index contributed by atoms with van der Waals surface area (Å²) in [5, 5.41) is 1.27. The van der Waals surface area contributed by atoms with E-state index in [1.165, 1.54) is 16.7 Å². The average Bonchev–Trinajstić information content (AvgIpc) is 3.53. The van der Waals surface area contributed by atoms with E-state index in [0.717, 1.165) is 33.5 Å². The summed E-state index contributed by atoms with van der Waals surface area (Å²) in [5.41, 5.74) is 3.34. The standard InChI is InChI=1S/C39H41N5O6S/c1-5-50-39(47)32-10-8-20-40-37(32)51-35-31-9-6-7-11-33(31)41-36(35)44(25-45)26(2)38(46)43-23-21-42(22-24-43)34(27-12-16-29(48-3)17-13-27)28-14-18-30(49-4)19-15-28/h6-20,25-26,34,41H,5,21-24H2,1-4H3/t26-/m1/s1. The molecule has 3 aromatic carbocycles. The predicted octanol–water partition coefficient (Wildman–Crippen LogP) is 6.19. The maximum absolute atomic E-state index is 14.1. The van der Waals surface area contributed by atoms with Gasteiger partial charge in [-0.25, -0.2) is 9.78 Å². The maximum atomic E-state index is 14.1. The number of carbonyl (C=O) groups excluding carboxylic acids is 3. The zero-order valence-corrected chi connectivity index (χ0v) is 29.9. The number of nitrogens with zero attached hydrogens (tertiary/aromatic N) is 4. The van der Waals surface area contributed by atoms with E-state index in [9.17, 15) is 14.4 Å². The van der Waals surface area contributed by atoms with Gasteiger partial charge in [-0.05, 0) is 67.4 Å². The Morgan fingerprint density at radius 1 is 0.902 bits per heavy atom. The molecule has 1 aliphatic heterocycles. The summed E-state index contributed by atoms with van der Waals surface area (Å²) < 4.78 is 16.1. The first kappa shape index (κ1) is 35.5. The number of piperazine rings is 1. The smallest absolute Gasteiger partial charge is 0.340 e. The number of para-hydroxylation sites is 1. The van der Waals surface area contributed by atoms with Gasteiger partial charge < -0.3 is 24.1 Å². The topological polar surface area (TPSA) is 117 Å². The summed E-state index contributed by atoms with van der Waals surface area (Å²) in [5.74, 6) is 1.38. The second-order valence-corrected chi connectivity index (χ2v) is 13.0. The Labute approximate surface area is 301 Å². The Hall–Kier alpha value is -5.33. The Balaban J connectivity index is 1.23. The number of esters is 1. The fourth-order valence-corrected chi connectivity index (χ4v) is 7.54. The Bertz CT molecular complexity index is 1930. The van der Waals surface area contributed by atoms with Crippen LogP contribution in [0.15, 0.2) is 101 Å². The first-order valence-electron chi connectivity index (χ1n) is 16.8. The van der Waals surface area contributed by atoms with E-state index >= 15 is 0 Å². The number of anilines is 1. The summed E-state index contributed by atoms with van der Waals surface area (Å²) in [6, 6.07) is 26.3. The zero-order valence-electron chi connectivity index (χ0n) is 29.1. The third-order valence-corrected chi connectivity index (χ3v) is 10.2. The quantitative estimate of drug-likeness (QED) is 0.113. The number of pyridine rings is 1. The van der Waals surface area contributed by atoms with Crippen molar-refractivity contribution in [2.45, 2.75) is 35.9 Å². The maximum Gasteiger partial charge on any atom is 0.340 e. The molecular weight excluding hydrogens is 667 g/mol. The summed E-state index contributed by atoms with van der Waals surface area (Å²) in [6.07, 6.45) is 2.29. The van der Waals surface area contributed by atoms with Gasteiger partial charge in [0, 0.05) is 43.3 Å². The van der Waals surface area contributed by atoms with E-state index in [1.807, 2.05) is 53.4 Å². The highest BCUT2D eigenvalue weighted by atomic mass is 32.2. The summed E-state index contributed by atoms with van der Waals surface area (Å²) >= 11 is 1.25. The molecule has 11 nitrogen and oxygen atoms in total. The molecule has 5 aromatic rings. The Kier molecular flexibility index (Phi) is 11.2. The van der Waals surface area contributed by atoms with Crippen LogP contribution in [0.5, 0.6) is 11.5 Å². The highest BCUT2D eigenvalue weighted by Gasteiger charge is 2.34. The van der Waals surface area contributed by atoms with Crippen molar-refractivity contribution >= 4 is 46.8 Å². The molecule has 0 aliphatic carbocycles. The van der Waals surface area contributed by atoms with E-state index in [-0.39, 0.29) is 18.6 Å². The molecule has 0 unspecified atom stereocenters. The Morgan fingerprint density at radius 2 is 1.53 bits per heavy atom. The predicted molar refractivity (Wildman–Crippen MR) is 197 cm³/mol. The zero-order chi connectivity index (χ0) is 35.9. The van der Waals surface area contributed by atoms with Crippen molar-refractivity contribution in [2.75, 3.05) is 51.9 Å². The van der Waals surface area contributed by atoms with E-state index in [1.54, 1.807) is 46.4 Å². The highest BCUT2D eigenvalue weighted by molar-refractivity contribution is 7.99. The highest BCUT2D eigenvalue weighted by Crippen LogP contribution is 2.42. The van der Waals surface area contributed by atoms with Crippen LogP contribution in [0.4, 0.5) is 5.82 Å². The molecule has 1 atom stereocenters. The summed E-state index contributed by atoms with van der Waals surface area (Å²) in [4.78, 5) is 53.8. The molecule has 2 amide bonds. The van der Waals surface area contributed by atoms with Gasteiger partial charge in [-0.2, -0.15) is 0 Å². The number of H-pyrrole nitrogens is 1. The van der Waals surface area contributed by atoms with Crippen molar-refractivity contribution in [3.63, 3.8) is 0 Å². The van der Waals surface area contributed by atoms with Crippen molar-refractivity contribution in [2.24, 2.45) is 0 Å². The molecule has 3 heterocycles. The molecule has 0 spiro atoms. The van der Waals surface area contributed by atoms with Crippen LogP contribution < -0.4 is 14.4 Å². The number of benzene rings is 3. The van der Waals surface area contributed by atoms with Gasteiger partial charge in [-0.1, -0.05) is 54.2 Å². The molecule has 12 heteroatoms. The van der Waals surface area contributed by atoms with Gasteiger partial charge in [-0.3, -0.25) is 19.4 Å². The fraction of sp³-hybridized carbons (Fsp3) is 0.282. The molecule has 51 heavy (non-hydrogen) atoms. The van der Waals surface area contributed by atoms with Gasteiger partial charge in [0.2, 0.25) is 12.3 Å². The number of rotatable bonds is 13. The molecule has 0 radical (unpaired) electrons. The molecule has 1 aliphatic rings. The molecular formula is C39H41N5O6S. The van der Waals surface area contributed by atoms with Crippen molar-refractivity contribution in [3.8, 4) is 11.5 Å². The van der Waals surface area contributed by atoms with Crippen molar-refractivity contribution < 1.29 is 28.6 Å². The molecule has 264 valence electrons. The molecule has 6 rings (SSSR count). The van der Waals surface area contributed by atoms with E-state index in [2.05, 4.69) is 39.1 Å². The minimum Gasteiger partial charge on any atom is -0.497 e. The van der Waals surface area contributed by atoms with E-state index in [4.69, 9.17) is 14.2 Å². The van der Waals surface area contributed by atoms with Crippen molar-refractivity contribution in [1.29, 1.82) is 0 Å². The number of fused-ring (bicyclic) bond motifs is 1. The summed E-state index contributed by atoms with van der Waals surface area (Å²) in [6.45, 7) is 5.96. The van der Waals surface area contributed by atoms with Gasteiger partial charge in [0.15, 0.2) is 0 Å². The lowest BCUT2D eigenvalue weighted by Crippen LogP contribution is -2.54. The normalized spacial score (nSPS) is 13.9. The van der Waals surface area contributed by atoms with Gasteiger partial charge in [0.25, 0.3) is 0 Å². The second-order valence-electron chi connectivity index (χ2n) is 12.0. The summed E-state index contributed by atoms with van der Waals surface area (Å²) in [7, 11) is 3.30. The second kappa shape index (κ2) is 16.1. The lowest BCUT2D eigenvalue weighted by molar-refractivity contribution is -0.135. The number of methoxy groups -OCH3 is 2. The number of aromatic amines is 1. The van der Waals surface area contributed by atoms with Crippen molar-refractivity contribution in [3.05, 3.63) is 108 Å². The molecule has 2 aromatic heterocycles. The SMILES string of the molecule is CCOC(=O)c1cccnc1Sc1c(N(C=O)[C@H](C)C(=O)N2CCN(C(c3ccc(OC)cc3)c3ccc(OC)cc3)CC2)[nH]c2ccccc12. The van der Waals surface area contributed by atoms with Crippen LogP contribution >= 0.6 is 11.8 Å². The number of amides is 2. The lowest BCUT2D eigenvalue weighted by atomic mass is 9.96. The average molecular weight is 708 g/mol. The van der Waals surface area contributed by atoms with Crippen LogP contribution in [0.1, 0.15) is 41.4 Å². The number of hydrogen-bond donors (Lipinski definition) is 1. The third kappa shape index (κ3) is 7.57. The van der Waals surface area contributed by atoms with Crippen LogP contribution in [-0.4, -0.2) is 91.1 Å². The van der Waals surface area contributed by atoms with Gasteiger partial charge in [0.05, 0.1) is 37.3 Å². The monoisotopic (exact) mass is 707 g/mol. The van der Waals surface area contributed by atoms with Crippen LogP contribution in [0.2, 0.25) is 0 Å². The van der Waals surface area contributed by atoms with Gasteiger partial charge in [0.1, 0.15) is 28.4 Å². The number of nitrogens with one attached hydrogen (secondary N) is 1. The van der Waals surface area contributed by atoms with Crippen LogP contribution in [0.3, 0.4) is 0 Å². The van der Waals surface area contributed by atoms with Crippen LogP contribution in [0, 0.1) is 0 Å². The van der Waals surface area contributed by atoms with Gasteiger partial charge >= 0.3 is 5.97 Å². The van der Waals surface area contributed by atoms with Gasteiger partial charge in [-0.15, -0.1) is 0 Å². The minimum absolute atomic E-state index is 0.0417. The first-order valence-corrected chi connectivity index (χ1v) is 17.6. The number of ether oxygens (including phenoxy) is 3. The van der Waals surface area contributed by atoms with Crippen LogP contribution in [0.25, 0.3) is 10.9 Å². The Morgan fingerprint density at radius 3 is 2.12 bits per heavy atom. The van der Waals surface area contributed by atoms with Crippen LogP contribution in [-0.2, 0) is 14.3 Å². The molecule has 1 N–H and O–H groups in total. The molecule has 1 fully saturated rings. The molecule has 0 bridgehead atoms. The third-order valence-electron chi connectivity index (χ3n) is 9.11. The van der Waals surface area contributed by atoms with Crippen molar-refractivity contribution in [1.82, 2.24) is 19.8 Å².